The van der Waals surface area contributed by atoms with Crippen molar-refractivity contribution in [2.45, 2.75) is 52.5 Å². The molecule has 0 radical (unpaired) electrons. The third kappa shape index (κ3) is 4.06. The van der Waals surface area contributed by atoms with Gasteiger partial charge in [-0.1, -0.05) is 38.8 Å². The van der Waals surface area contributed by atoms with E-state index < -0.39 is 0 Å². The summed E-state index contributed by atoms with van der Waals surface area (Å²) in [5, 5.41) is 1.28. The number of hydrogen-bond donors (Lipinski definition) is 0. The number of rotatable bonds is 10. The highest BCUT2D eigenvalue weighted by Gasteiger charge is 2.19. The molecule has 1 aromatic carbocycles. The molecule has 4 heteroatoms. The average Bonchev–Trinajstić information content (AvgIpc) is 2.95. The lowest BCUT2D eigenvalue weighted by atomic mass is 10.1. The van der Waals surface area contributed by atoms with Crippen molar-refractivity contribution in [2.24, 2.45) is 0 Å². The molecule has 0 aliphatic carbocycles. The van der Waals surface area contributed by atoms with Gasteiger partial charge in [0.1, 0.15) is 12.4 Å². The average molecular weight is 319 g/mol. The molecule has 4 nitrogen and oxygen atoms in total. The van der Waals surface area contributed by atoms with Gasteiger partial charge in [0.2, 0.25) is 0 Å². The van der Waals surface area contributed by atoms with Crippen molar-refractivity contribution >= 4 is 10.9 Å². The van der Waals surface area contributed by atoms with Crippen molar-refractivity contribution in [1.29, 1.82) is 0 Å². The number of ether oxygens (including phenoxy) is 1. The van der Waals surface area contributed by atoms with E-state index in [0.717, 1.165) is 25.0 Å². The highest BCUT2D eigenvalue weighted by atomic mass is 17.2. The van der Waals surface area contributed by atoms with Gasteiger partial charge in [-0.3, -0.25) is 0 Å². The van der Waals surface area contributed by atoms with Crippen molar-refractivity contribution in [3.05, 3.63) is 30.0 Å². The van der Waals surface area contributed by atoms with Crippen LogP contribution in [0, 0.1) is 0 Å². The molecule has 0 saturated carbocycles. The third-order valence-electron chi connectivity index (χ3n) is 4.24. The Bertz CT molecular complexity index is 598. The lowest BCUT2D eigenvalue weighted by molar-refractivity contribution is -0.278. The summed E-state index contributed by atoms with van der Waals surface area (Å²) in [5.41, 5.74) is 2.52. The number of hydrogen-bond acceptors (Lipinski definition) is 3. The van der Waals surface area contributed by atoms with E-state index in [0.29, 0.717) is 13.2 Å². The minimum absolute atomic E-state index is 0.249. The van der Waals surface area contributed by atoms with Crippen molar-refractivity contribution < 1.29 is 14.5 Å². The lowest BCUT2D eigenvalue weighted by Gasteiger charge is -2.20. The summed E-state index contributed by atoms with van der Waals surface area (Å²) < 4.78 is 8.21. The summed E-state index contributed by atoms with van der Waals surface area (Å²) >= 11 is 0. The molecule has 1 atom stereocenters. The Kier molecular flexibility index (Phi) is 6.93. The van der Waals surface area contributed by atoms with Gasteiger partial charge in [0.05, 0.1) is 25.3 Å². The van der Waals surface area contributed by atoms with E-state index in [1.165, 1.54) is 22.9 Å². The molecule has 1 aromatic heterocycles. The molecular formula is C19H29NO3. The van der Waals surface area contributed by atoms with Crippen LogP contribution in [-0.2, 0) is 16.2 Å². The quantitative estimate of drug-likeness (QED) is 0.460. The maximum atomic E-state index is 5.88. The highest BCUT2D eigenvalue weighted by molar-refractivity contribution is 5.89. The van der Waals surface area contributed by atoms with Gasteiger partial charge in [-0.05, 0) is 31.4 Å². The summed E-state index contributed by atoms with van der Waals surface area (Å²) in [7, 11) is 1.56. The van der Waals surface area contributed by atoms with Crippen LogP contribution in [0.1, 0.15) is 51.6 Å². The standard InChI is InChI=1S/C19H29NO3/c1-5-8-10-16(14-23-21-4)20-13-15(6-2)17-11-9-12-18(19(17)20)22-7-3/h9,11-13,16H,5-8,10,14H2,1-4H3. The van der Waals surface area contributed by atoms with Crippen molar-refractivity contribution in [1.82, 2.24) is 4.57 Å². The van der Waals surface area contributed by atoms with Gasteiger partial charge >= 0.3 is 0 Å². The van der Waals surface area contributed by atoms with Crippen molar-refractivity contribution in [3.63, 3.8) is 0 Å². The van der Waals surface area contributed by atoms with E-state index in [-0.39, 0.29) is 6.04 Å². The van der Waals surface area contributed by atoms with E-state index >= 15 is 0 Å². The Morgan fingerprint density at radius 1 is 1.17 bits per heavy atom. The fraction of sp³-hybridized carbons (Fsp3) is 0.579. The Hall–Kier alpha value is -1.52. The largest absolute Gasteiger partial charge is 0.492 e. The molecule has 1 unspecified atom stereocenters. The molecule has 1 heterocycles. The van der Waals surface area contributed by atoms with E-state index in [9.17, 15) is 0 Å². The van der Waals surface area contributed by atoms with Crippen LogP contribution in [0.2, 0.25) is 0 Å². The number of benzene rings is 1. The molecule has 0 aliphatic rings. The first-order valence-corrected chi connectivity index (χ1v) is 8.67. The molecule has 0 amide bonds. The SMILES string of the molecule is CCCCC(COOC)n1cc(CC)c2cccc(OCC)c21. The van der Waals surface area contributed by atoms with Gasteiger partial charge in [0.15, 0.2) is 0 Å². The maximum absolute atomic E-state index is 5.88. The first-order valence-electron chi connectivity index (χ1n) is 8.67. The van der Waals surface area contributed by atoms with E-state index in [1.807, 2.05) is 6.92 Å². The van der Waals surface area contributed by atoms with E-state index in [4.69, 9.17) is 14.5 Å². The molecule has 2 aromatic rings. The summed E-state index contributed by atoms with van der Waals surface area (Å²) in [5.74, 6) is 0.948. The molecule has 23 heavy (non-hydrogen) atoms. The number of aromatic nitrogens is 1. The first-order chi connectivity index (χ1) is 11.3. The predicted molar refractivity (Wildman–Crippen MR) is 94.0 cm³/mol. The van der Waals surface area contributed by atoms with E-state index in [2.05, 4.69) is 42.8 Å². The highest BCUT2D eigenvalue weighted by Crippen LogP contribution is 2.34. The second-order valence-electron chi connectivity index (χ2n) is 5.75. The van der Waals surface area contributed by atoms with Crippen LogP contribution in [-0.4, -0.2) is 24.9 Å². The van der Waals surface area contributed by atoms with Crippen molar-refractivity contribution in [2.75, 3.05) is 20.3 Å². The normalized spacial score (nSPS) is 12.7. The minimum atomic E-state index is 0.249. The zero-order chi connectivity index (χ0) is 16.7. The second-order valence-corrected chi connectivity index (χ2v) is 5.75. The molecule has 0 bridgehead atoms. The Balaban J connectivity index is 2.50. The van der Waals surface area contributed by atoms with Crippen molar-refractivity contribution in [3.8, 4) is 5.75 Å². The van der Waals surface area contributed by atoms with Crippen LogP contribution < -0.4 is 4.74 Å². The molecule has 0 saturated heterocycles. The number of aryl methyl sites for hydroxylation is 1. The summed E-state index contributed by atoms with van der Waals surface area (Å²) in [6.45, 7) is 7.64. The fourth-order valence-electron chi connectivity index (χ4n) is 3.08. The van der Waals surface area contributed by atoms with Crippen LogP contribution in [0.3, 0.4) is 0 Å². The maximum Gasteiger partial charge on any atom is 0.143 e. The zero-order valence-electron chi connectivity index (χ0n) is 14.8. The number of nitrogens with zero attached hydrogens (tertiary/aromatic N) is 1. The Morgan fingerprint density at radius 3 is 2.65 bits per heavy atom. The summed E-state index contributed by atoms with van der Waals surface area (Å²) in [6, 6.07) is 6.56. The molecule has 0 fully saturated rings. The molecular weight excluding hydrogens is 290 g/mol. The lowest BCUT2D eigenvalue weighted by Crippen LogP contribution is -2.15. The van der Waals surface area contributed by atoms with Gasteiger partial charge in [-0.2, -0.15) is 0 Å². The Morgan fingerprint density at radius 2 is 2.00 bits per heavy atom. The molecule has 0 aliphatic heterocycles. The van der Waals surface area contributed by atoms with Gasteiger partial charge in [0.25, 0.3) is 0 Å². The second kappa shape index (κ2) is 8.94. The topological polar surface area (TPSA) is 32.6 Å². The third-order valence-corrected chi connectivity index (χ3v) is 4.24. The number of para-hydroxylation sites is 1. The smallest absolute Gasteiger partial charge is 0.143 e. The summed E-state index contributed by atoms with van der Waals surface area (Å²) in [4.78, 5) is 10.1. The fourth-order valence-corrected chi connectivity index (χ4v) is 3.08. The minimum Gasteiger partial charge on any atom is -0.492 e. The number of unbranched alkanes of at least 4 members (excludes halogenated alkanes) is 1. The first kappa shape index (κ1) is 17.8. The van der Waals surface area contributed by atoms with Crippen LogP contribution in [0.5, 0.6) is 5.75 Å². The van der Waals surface area contributed by atoms with Gasteiger partial charge in [0, 0.05) is 11.6 Å². The molecule has 2 rings (SSSR count). The van der Waals surface area contributed by atoms with Gasteiger partial charge < -0.3 is 9.30 Å². The predicted octanol–water partition coefficient (Wildman–Crippen LogP) is 4.91. The van der Waals surface area contributed by atoms with Crippen LogP contribution in [0.4, 0.5) is 0 Å². The summed E-state index contributed by atoms with van der Waals surface area (Å²) in [6.07, 6.45) is 6.65. The van der Waals surface area contributed by atoms with Crippen LogP contribution >= 0.6 is 0 Å². The zero-order valence-corrected chi connectivity index (χ0v) is 14.8. The molecule has 0 spiro atoms. The monoisotopic (exact) mass is 319 g/mol. The van der Waals surface area contributed by atoms with Gasteiger partial charge in [-0.15, -0.1) is 0 Å². The molecule has 128 valence electrons. The van der Waals surface area contributed by atoms with Crippen LogP contribution in [0.25, 0.3) is 10.9 Å². The van der Waals surface area contributed by atoms with Gasteiger partial charge in [-0.25, -0.2) is 9.78 Å². The Labute approximate surface area is 139 Å². The number of fused-ring (bicyclic) bond motifs is 1. The molecule has 0 N–H and O–H groups in total. The van der Waals surface area contributed by atoms with Crippen LogP contribution in [0.15, 0.2) is 24.4 Å². The van der Waals surface area contributed by atoms with E-state index in [1.54, 1.807) is 7.11 Å².